The van der Waals surface area contributed by atoms with Gasteiger partial charge in [0.15, 0.2) is 17.0 Å². The lowest BCUT2D eigenvalue weighted by atomic mass is 10.2. The van der Waals surface area contributed by atoms with E-state index in [4.69, 9.17) is 0 Å². The van der Waals surface area contributed by atoms with E-state index in [0.29, 0.717) is 5.65 Å². The summed E-state index contributed by atoms with van der Waals surface area (Å²) in [5.74, 6) is 1.59. The fourth-order valence-corrected chi connectivity index (χ4v) is 2.76. The minimum Gasteiger partial charge on any atom is -0.394 e. The van der Waals surface area contributed by atoms with Crippen molar-refractivity contribution in [1.29, 1.82) is 0 Å². The maximum atomic E-state index is 9.83. The number of nitrogens with zero attached hydrogens (tertiary/aromatic N) is 5. The average molecular weight is 305 g/mol. The lowest BCUT2D eigenvalue weighted by Gasteiger charge is -2.22. The van der Waals surface area contributed by atoms with E-state index in [0.717, 1.165) is 30.3 Å². The first-order chi connectivity index (χ1) is 10.7. The van der Waals surface area contributed by atoms with Crippen LogP contribution in [-0.2, 0) is 0 Å². The standard InChI is InChI=1S/C15H23N5O2/c1-3-19(6-11-4-5-11)14-13-15(17-8-16-14)20(9-18-13)12(7-21)10(2)22/h8-12,21-22H,3-7H2,1-2H3/t10-,12+/m1/s1. The van der Waals surface area contributed by atoms with Gasteiger partial charge in [-0.05, 0) is 32.6 Å². The minimum absolute atomic E-state index is 0.165. The molecular weight excluding hydrogens is 282 g/mol. The lowest BCUT2D eigenvalue weighted by Crippen LogP contribution is -2.27. The summed E-state index contributed by atoms with van der Waals surface area (Å²) in [7, 11) is 0. The highest BCUT2D eigenvalue weighted by atomic mass is 16.3. The molecule has 0 aromatic carbocycles. The molecule has 0 spiro atoms. The second-order valence-corrected chi connectivity index (χ2v) is 5.99. The fourth-order valence-electron chi connectivity index (χ4n) is 2.76. The highest BCUT2D eigenvalue weighted by molar-refractivity contribution is 5.83. The van der Waals surface area contributed by atoms with E-state index in [-0.39, 0.29) is 6.61 Å². The Kier molecular flexibility index (Phi) is 4.26. The average Bonchev–Trinajstić information content (AvgIpc) is 3.24. The number of anilines is 1. The highest BCUT2D eigenvalue weighted by Crippen LogP contribution is 2.32. The molecule has 1 aliphatic rings. The Labute approximate surface area is 129 Å². The number of fused-ring (bicyclic) bond motifs is 1. The van der Waals surface area contributed by atoms with Gasteiger partial charge in [0, 0.05) is 13.1 Å². The van der Waals surface area contributed by atoms with Crippen LogP contribution in [0, 0.1) is 5.92 Å². The molecular formula is C15H23N5O2. The summed E-state index contributed by atoms with van der Waals surface area (Å²) in [4.78, 5) is 15.4. The zero-order valence-corrected chi connectivity index (χ0v) is 13.1. The Morgan fingerprint density at radius 2 is 2.14 bits per heavy atom. The van der Waals surface area contributed by atoms with Crippen molar-refractivity contribution < 1.29 is 10.2 Å². The predicted octanol–water partition coefficient (Wildman–Crippen LogP) is 0.977. The smallest absolute Gasteiger partial charge is 0.165 e. The van der Waals surface area contributed by atoms with Gasteiger partial charge in [-0.25, -0.2) is 15.0 Å². The van der Waals surface area contributed by atoms with Crippen LogP contribution in [0.4, 0.5) is 5.82 Å². The van der Waals surface area contributed by atoms with E-state index in [9.17, 15) is 10.2 Å². The van der Waals surface area contributed by atoms with Gasteiger partial charge in [-0.1, -0.05) is 0 Å². The molecule has 1 fully saturated rings. The number of imidazole rings is 1. The topological polar surface area (TPSA) is 87.3 Å². The summed E-state index contributed by atoms with van der Waals surface area (Å²) in [6.45, 7) is 5.46. The molecule has 7 heteroatoms. The third-order valence-corrected chi connectivity index (χ3v) is 4.30. The quantitative estimate of drug-likeness (QED) is 0.793. The first kappa shape index (κ1) is 15.2. The molecule has 2 N–H and O–H groups in total. The van der Waals surface area contributed by atoms with Crippen molar-refractivity contribution in [2.75, 3.05) is 24.6 Å². The normalized spacial score (nSPS) is 17.6. The van der Waals surface area contributed by atoms with Crippen molar-refractivity contribution in [3.63, 3.8) is 0 Å². The van der Waals surface area contributed by atoms with Gasteiger partial charge in [0.05, 0.1) is 25.1 Å². The van der Waals surface area contributed by atoms with Gasteiger partial charge in [-0.2, -0.15) is 0 Å². The van der Waals surface area contributed by atoms with Crippen molar-refractivity contribution in [3.8, 4) is 0 Å². The molecule has 2 atom stereocenters. The molecule has 0 amide bonds. The Morgan fingerprint density at radius 3 is 2.73 bits per heavy atom. The lowest BCUT2D eigenvalue weighted by molar-refractivity contribution is 0.0885. The Balaban J connectivity index is 2.00. The number of hydrogen-bond donors (Lipinski definition) is 2. The van der Waals surface area contributed by atoms with Crippen LogP contribution in [0.25, 0.3) is 11.2 Å². The molecule has 3 rings (SSSR count). The van der Waals surface area contributed by atoms with Crippen LogP contribution in [0.5, 0.6) is 0 Å². The van der Waals surface area contributed by atoms with Gasteiger partial charge < -0.3 is 19.7 Å². The second kappa shape index (κ2) is 6.18. The van der Waals surface area contributed by atoms with Crippen LogP contribution in [0.15, 0.2) is 12.7 Å². The molecule has 0 unspecified atom stereocenters. The Morgan fingerprint density at radius 1 is 1.36 bits per heavy atom. The molecule has 120 valence electrons. The van der Waals surface area contributed by atoms with Crippen LogP contribution >= 0.6 is 0 Å². The van der Waals surface area contributed by atoms with Crippen molar-refractivity contribution in [3.05, 3.63) is 12.7 Å². The molecule has 2 aromatic heterocycles. The largest absolute Gasteiger partial charge is 0.394 e. The van der Waals surface area contributed by atoms with Crippen molar-refractivity contribution in [2.45, 2.75) is 38.8 Å². The first-order valence-electron chi connectivity index (χ1n) is 7.87. The van der Waals surface area contributed by atoms with Crippen molar-refractivity contribution in [2.24, 2.45) is 5.92 Å². The zero-order chi connectivity index (χ0) is 15.7. The molecule has 1 aliphatic carbocycles. The van der Waals surface area contributed by atoms with Crippen LogP contribution < -0.4 is 4.90 Å². The summed E-state index contributed by atoms with van der Waals surface area (Å²) in [5, 5.41) is 19.4. The molecule has 2 heterocycles. The van der Waals surface area contributed by atoms with Crippen molar-refractivity contribution >= 4 is 17.0 Å². The summed E-state index contributed by atoms with van der Waals surface area (Å²) in [6.07, 6.45) is 5.04. The Hall–Kier alpha value is -1.73. The third-order valence-electron chi connectivity index (χ3n) is 4.30. The summed E-state index contributed by atoms with van der Waals surface area (Å²) < 4.78 is 1.73. The monoisotopic (exact) mass is 305 g/mol. The van der Waals surface area contributed by atoms with Gasteiger partial charge >= 0.3 is 0 Å². The summed E-state index contributed by atoms with van der Waals surface area (Å²) >= 11 is 0. The molecule has 2 aromatic rings. The number of rotatable bonds is 7. The van der Waals surface area contributed by atoms with Crippen LogP contribution in [-0.4, -0.2) is 55.5 Å². The molecule has 0 aliphatic heterocycles. The molecule has 0 radical (unpaired) electrons. The van der Waals surface area contributed by atoms with Crippen LogP contribution in [0.2, 0.25) is 0 Å². The van der Waals surface area contributed by atoms with Crippen molar-refractivity contribution in [1.82, 2.24) is 19.5 Å². The number of aromatic nitrogens is 4. The van der Waals surface area contributed by atoms with Gasteiger partial charge in [0.25, 0.3) is 0 Å². The number of aliphatic hydroxyl groups excluding tert-OH is 2. The van der Waals surface area contributed by atoms with Gasteiger partial charge in [-0.3, -0.25) is 0 Å². The van der Waals surface area contributed by atoms with Gasteiger partial charge in [0.1, 0.15) is 6.33 Å². The Bertz CT molecular complexity index is 638. The zero-order valence-electron chi connectivity index (χ0n) is 13.1. The van der Waals surface area contributed by atoms with E-state index >= 15 is 0 Å². The minimum atomic E-state index is -0.686. The van der Waals surface area contributed by atoms with Gasteiger partial charge in [0.2, 0.25) is 0 Å². The SMILES string of the molecule is CCN(CC1CC1)c1ncnc2c1ncn2[C@@H](CO)[C@@H](C)O. The third kappa shape index (κ3) is 2.78. The van der Waals surface area contributed by atoms with Gasteiger partial charge in [-0.15, -0.1) is 0 Å². The number of aliphatic hydroxyl groups is 2. The van der Waals surface area contributed by atoms with Crippen LogP contribution in [0.3, 0.4) is 0 Å². The van der Waals surface area contributed by atoms with Crippen LogP contribution in [0.1, 0.15) is 32.7 Å². The maximum Gasteiger partial charge on any atom is 0.165 e. The molecule has 1 saturated carbocycles. The maximum absolute atomic E-state index is 9.83. The van der Waals surface area contributed by atoms with E-state index in [1.807, 2.05) is 0 Å². The van der Waals surface area contributed by atoms with E-state index < -0.39 is 12.1 Å². The molecule has 7 nitrogen and oxygen atoms in total. The van der Waals surface area contributed by atoms with E-state index in [2.05, 4.69) is 26.8 Å². The second-order valence-electron chi connectivity index (χ2n) is 5.99. The van der Waals surface area contributed by atoms with E-state index in [1.54, 1.807) is 17.8 Å². The fraction of sp³-hybridized carbons (Fsp3) is 0.667. The number of hydrogen-bond acceptors (Lipinski definition) is 6. The van der Waals surface area contributed by atoms with E-state index in [1.165, 1.54) is 19.2 Å². The summed E-state index contributed by atoms with van der Waals surface area (Å²) in [6, 6.07) is -0.453. The molecule has 22 heavy (non-hydrogen) atoms. The highest BCUT2D eigenvalue weighted by Gasteiger charge is 2.27. The predicted molar refractivity (Wildman–Crippen MR) is 83.7 cm³/mol. The molecule has 0 saturated heterocycles. The first-order valence-corrected chi connectivity index (χ1v) is 7.87. The summed E-state index contributed by atoms with van der Waals surface area (Å²) in [5.41, 5.74) is 1.38. The molecule has 0 bridgehead atoms.